The Morgan fingerprint density at radius 3 is 3.12 bits per heavy atom. The molecular weight excluding hydrogens is 224 g/mol. The fraction of sp³-hybridized carbons (Fsp3) is 0.545. The van der Waals surface area contributed by atoms with Crippen molar-refractivity contribution in [2.75, 3.05) is 30.0 Å². The molecule has 2 rings (SSSR count). The highest BCUT2D eigenvalue weighted by molar-refractivity contribution is 7.99. The van der Waals surface area contributed by atoms with Crippen LogP contribution in [-0.2, 0) is 0 Å². The van der Waals surface area contributed by atoms with E-state index in [1.807, 2.05) is 23.9 Å². The number of nitrogens with one attached hydrogen (secondary N) is 1. The van der Waals surface area contributed by atoms with Crippen LogP contribution in [0.25, 0.3) is 0 Å². The highest BCUT2D eigenvalue weighted by Crippen LogP contribution is 2.21. The van der Waals surface area contributed by atoms with Crippen LogP contribution in [0, 0.1) is 0 Å². The maximum Gasteiger partial charge on any atom is 0.213 e. The van der Waals surface area contributed by atoms with Gasteiger partial charge in [0.05, 0.1) is 18.5 Å². The molecule has 1 aromatic heterocycles. The van der Waals surface area contributed by atoms with Crippen molar-refractivity contribution in [3.63, 3.8) is 0 Å². The number of aromatic nitrogens is 1. The van der Waals surface area contributed by atoms with E-state index in [1.54, 1.807) is 6.20 Å². The summed E-state index contributed by atoms with van der Waals surface area (Å²) < 4.78 is 5.19. The molecular formula is C11H16N2O2S. The Hall–Kier alpha value is -0.940. The van der Waals surface area contributed by atoms with E-state index in [0.717, 1.165) is 5.69 Å². The minimum Gasteiger partial charge on any atom is -0.475 e. The van der Waals surface area contributed by atoms with Crippen LogP contribution in [0.3, 0.4) is 0 Å². The maximum atomic E-state index is 8.60. The van der Waals surface area contributed by atoms with Crippen LogP contribution >= 0.6 is 11.8 Å². The van der Waals surface area contributed by atoms with Gasteiger partial charge in [0.1, 0.15) is 6.61 Å². The van der Waals surface area contributed by atoms with Crippen LogP contribution in [-0.4, -0.2) is 40.9 Å². The molecule has 1 saturated heterocycles. The van der Waals surface area contributed by atoms with E-state index in [2.05, 4.69) is 10.3 Å². The molecule has 0 aliphatic carbocycles. The summed E-state index contributed by atoms with van der Waals surface area (Å²) in [5, 5.41) is 12.0. The molecule has 4 nitrogen and oxygen atoms in total. The number of pyridine rings is 1. The zero-order valence-electron chi connectivity index (χ0n) is 9.06. The van der Waals surface area contributed by atoms with Crippen LogP contribution in [0.5, 0.6) is 5.88 Å². The Morgan fingerprint density at radius 1 is 1.56 bits per heavy atom. The predicted octanol–water partition coefficient (Wildman–Crippen LogP) is 1.37. The van der Waals surface area contributed by atoms with Crippen LogP contribution in [0.4, 0.5) is 5.69 Å². The van der Waals surface area contributed by atoms with Crippen molar-refractivity contribution in [3.8, 4) is 5.88 Å². The van der Waals surface area contributed by atoms with Gasteiger partial charge in [0.2, 0.25) is 5.88 Å². The number of thioether (sulfide) groups is 1. The summed E-state index contributed by atoms with van der Waals surface area (Å²) in [4.78, 5) is 4.16. The molecule has 0 bridgehead atoms. The molecule has 0 aromatic carbocycles. The Bertz CT molecular complexity index is 312. The van der Waals surface area contributed by atoms with E-state index in [-0.39, 0.29) is 6.61 Å². The summed E-state index contributed by atoms with van der Waals surface area (Å²) in [6.45, 7) is 0.306. The summed E-state index contributed by atoms with van der Waals surface area (Å²) in [5.74, 6) is 2.96. The van der Waals surface area contributed by atoms with Crippen LogP contribution in [0.15, 0.2) is 18.3 Å². The lowest BCUT2D eigenvalue weighted by atomic mass is 10.2. The fourth-order valence-corrected chi connectivity index (χ4v) is 2.74. The fourth-order valence-electron chi connectivity index (χ4n) is 1.59. The van der Waals surface area contributed by atoms with Gasteiger partial charge in [0.15, 0.2) is 0 Å². The largest absolute Gasteiger partial charge is 0.475 e. The molecule has 1 unspecified atom stereocenters. The molecule has 16 heavy (non-hydrogen) atoms. The number of rotatable bonds is 5. The third-order valence-electron chi connectivity index (χ3n) is 2.38. The lowest BCUT2D eigenvalue weighted by Crippen LogP contribution is -2.18. The van der Waals surface area contributed by atoms with E-state index in [9.17, 15) is 0 Å². The Kier molecular flexibility index (Phi) is 4.30. The second kappa shape index (κ2) is 5.96. The summed E-state index contributed by atoms with van der Waals surface area (Å²) in [6, 6.07) is 4.35. The zero-order valence-corrected chi connectivity index (χ0v) is 9.87. The Morgan fingerprint density at radius 2 is 2.50 bits per heavy atom. The lowest BCUT2D eigenvalue weighted by Gasteiger charge is -2.12. The molecule has 0 radical (unpaired) electrons. The lowest BCUT2D eigenvalue weighted by molar-refractivity contribution is 0.196. The Labute approximate surface area is 99.4 Å². The number of hydrogen-bond donors (Lipinski definition) is 2. The van der Waals surface area contributed by atoms with Crippen LogP contribution in [0.2, 0.25) is 0 Å². The Balaban J connectivity index is 1.86. The van der Waals surface area contributed by atoms with E-state index in [0.29, 0.717) is 18.5 Å². The van der Waals surface area contributed by atoms with Gasteiger partial charge in [-0.25, -0.2) is 4.98 Å². The van der Waals surface area contributed by atoms with Gasteiger partial charge >= 0.3 is 0 Å². The van der Waals surface area contributed by atoms with Crippen LogP contribution in [0.1, 0.15) is 6.42 Å². The van der Waals surface area contributed by atoms with Crippen LogP contribution < -0.4 is 10.1 Å². The zero-order chi connectivity index (χ0) is 11.2. The van der Waals surface area contributed by atoms with Crippen molar-refractivity contribution in [2.24, 2.45) is 0 Å². The molecule has 1 aromatic rings. The van der Waals surface area contributed by atoms with Gasteiger partial charge in [-0.3, -0.25) is 0 Å². The summed E-state index contributed by atoms with van der Waals surface area (Å²) in [6.07, 6.45) is 2.99. The number of anilines is 1. The molecule has 1 aliphatic heterocycles. The van der Waals surface area contributed by atoms with E-state index >= 15 is 0 Å². The third kappa shape index (κ3) is 3.28. The summed E-state index contributed by atoms with van der Waals surface area (Å²) in [5.41, 5.74) is 1.03. The van der Waals surface area contributed by atoms with Crippen molar-refractivity contribution in [2.45, 2.75) is 12.5 Å². The second-order valence-electron chi connectivity index (χ2n) is 3.66. The normalized spacial score (nSPS) is 19.7. The summed E-state index contributed by atoms with van der Waals surface area (Å²) in [7, 11) is 0. The minimum absolute atomic E-state index is 0.0149. The first kappa shape index (κ1) is 11.5. The standard InChI is InChI=1S/C11H16N2O2S/c14-4-5-15-11-2-1-9(7-12-11)13-10-3-6-16-8-10/h1-2,7,10,13-14H,3-6,8H2. The maximum absolute atomic E-state index is 8.60. The molecule has 1 fully saturated rings. The number of aliphatic hydroxyl groups excluding tert-OH is 1. The second-order valence-corrected chi connectivity index (χ2v) is 4.81. The molecule has 0 spiro atoms. The van der Waals surface area contributed by atoms with Crippen molar-refractivity contribution < 1.29 is 9.84 Å². The van der Waals surface area contributed by atoms with E-state index < -0.39 is 0 Å². The SMILES string of the molecule is OCCOc1ccc(NC2CCSC2)cn1. The topological polar surface area (TPSA) is 54.4 Å². The van der Waals surface area contributed by atoms with E-state index in [4.69, 9.17) is 9.84 Å². The molecule has 2 N–H and O–H groups in total. The highest BCUT2D eigenvalue weighted by atomic mass is 32.2. The van der Waals surface area contributed by atoms with E-state index in [1.165, 1.54) is 17.9 Å². The molecule has 5 heteroatoms. The van der Waals surface area contributed by atoms with Gasteiger partial charge in [-0.05, 0) is 18.2 Å². The van der Waals surface area contributed by atoms with Crippen molar-refractivity contribution in [3.05, 3.63) is 18.3 Å². The molecule has 0 amide bonds. The monoisotopic (exact) mass is 240 g/mol. The third-order valence-corrected chi connectivity index (χ3v) is 3.54. The predicted molar refractivity (Wildman–Crippen MR) is 66.2 cm³/mol. The number of nitrogens with zero attached hydrogens (tertiary/aromatic N) is 1. The molecule has 1 atom stereocenters. The molecule has 88 valence electrons. The highest BCUT2D eigenvalue weighted by Gasteiger charge is 2.14. The van der Waals surface area contributed by atoms with Gasteiger partial charge in [0, 0.05) is 17.9 Å². The first-order chi connectivity index (χ1) is 7.88. The van der Waals surface area contributed by atoms with Gasteiger partial charge in [0.25, 0.3) is 0 Å². The average molecular weight is 240 g/mol. The number of hydrogen-bond acceptors (Lipinski definition) is 5. The number of aliphatic hydroxyl groups is 1. The average Bonchev–Trinajstić information content (AvgIpc) is 2.81. The van der Waals surface area contributed by atoms with Gasteiger partial charge < -0.3 is 15.2 Å². The quantitative estimate of drug-likeness (QED) is 0.814. The first-order valence-corrected chi connectivity index (χ1v) is 6.58. The smallest absolute Gasteiger partial charge is 0.213 e. The van der Waals surface area contributed by atoms with Gasteiger partial charge in [-0.1, -0.05) is 0 Å². The minimum atomic E-state index is 0.0149. The molecule has 1 aliphatic rings. The van der Waals surface area contributed by atoms with Crippen molar-refractivity contribution in [1.82, 2.24) is 4.98 Å². The van der Waals surface area contributed by atoms with Crippen molar-refractivity contribution in [1.29, 1.82) is 0 Å². The van der Waals surface area contributed by atoms with Gasteiger partial charge in [-0.15, -0.1) is 0 Å². The number of ether oxygens (including phenoxy) is 1. The van der Waals surface area contributed by atoms with Crippen molar-refractivity contribution >= 4 is 17.4 Å². The molecule has 0 saturated carbocycles. The summed E-state index contributed by atoms with van der Waals surface area (Å²) >= 11 is 1.98. The molecule has 2 heterocycles. The first-order valence-electron chi connectivity index (χ1n) is 5.42. The van der Waals surface area contributed by atoms with Gasteiger partial charge in [-0.2, -0.15) is 11.8 Å².